The molecule has 2 aliphatic rings. The number of ether oxygens (including phenoxy) is 2. The summed E-state index contributed by atoms with van der Waals surface area (Å²) < 4.78 is 24.7. The number of nitrogens with two attached hydrogens (primary N) is 1. The maximum atomic E-state index is 13.2. The van der Waals surface area contributed by atoms with Crippen molar-refractivity contribution in [2.45, 2.75) is 24.8 Å². The van der Waals surface area contributed by atoms with Crippen LogP contribution in [0.3, 0.4) is 0 Å². The lowest BCUT2D eigenvalue weighted by Gasteiger charge is -2.24. The average molecular weight is 566 g/mol. The Morgan fingerprint density at radius 1 is 1.02 bits per heavy atom. The van der Waals surface area contributed by atoms with Crippen LogP contribution in [0.25, 0.3) is 11.1 Å². The fourth-order valence-corrected chi connectivity index (χ4v) is 5.59. The van der Waals surface area contributed by atoms with Gasteiger partial charge in [-0.1, -0.05) is 24.3 Å². The van der Waals surface area contributed by atoms with Crippen molar-refractivity contribution in [3.8, 4) is 11.1 Å². The van der Waals surface area contributed by atoms with Crippen LogP contribution in [0.1, 0.15) is 27.2 Å². The Morgan fingerprint density at radius 2 is 1.68 bits per heavy atom. The van der Waals surface area contributed by atoms with E-state index in [0.717, 1.165) is 16.0 Å². The fourth-order valence-electron chi connectivity index (χ4n) is 4.76. The molecule has 12 heteroatoms. The van der Waals surface area contributed by atoms with E-state index in [-0.39, 0.29) is 43.6 Å². The molecule has 208 valence electrons. The van der Waals surface area contributed by atoms with Crippen molar-refractivity contribution in [3.05, 3.63) is 81.8 Å². The number of nitrogen functional groups attached to an aromatic ring is 1. The van der Waals surface area contributed by atoms with Crippen LogP contribution in [-0.4, -0.2) is 66.6 Å². The zero-order chi connectivity index (χ0) is 28.3. The predicted octanol–water partition coefficient (Wildman–Crippen LogP) is 2.23. The number of rotatable bonds is 8. The molecule has 0 bridgehead atoms. The Morgan fingerprint density at radius 3 is 2.30 bits per heavy atom. The summed E-state index contributed by atoms with van der Waals surface area (Å²) in [5, 5.41) is 14.7. The van der Waals surface area contributed by atoms with E-state index in [0.29, 0.717) is 24.3 Å². The topological polar surface area (TPSA) is 147 Å². The molecule has 0 aliphatic carbocycles. The van der Waals surface area contributed by atoms with Gasteiger partial charge in [-0.15, -0.1) is 11.3 Å². The highest BCUT2D eigenvalue weighted by Gasteiger charge is 2.52. The van der Waals surface area contributed by atoms with Crippen molar-refractivity contribution in [1.82, 2.24) is 15.5 Å². The quantitative estimate of drug-likeness (QED) is 0.243. The summed E-state index contributed by atoms with van der Waals surface area (Å²) in [4.78, 5) is 41.3. The molecule has 2 aromatic carbocycles. The lowest BCUT2D eigenvalue weighted by molar-refractivity contribution is -0.152. The highest BCUT2D eigenvalue weighted by Crippen LogP contribution is 2.35. The molecule has 3 heterocycles. The SMILES string of the molecule is N=C(N)c1csc(CNC(=O)C2CC3(CN2C(=O)CNC(=O)c2ccc(-c4ccc(F)cc4)cc2)OCCO3)c1. The van der Waals surface area contributed by atoms with Crippen molar-refractivity contribution in [3.63, 3.8) is 0 Å². The maximum Gasteiger partial charge on any atom is 0.251 e. The van der Waals surface area contributed by atoms with E-state index < -0.39 is 23.6 Å². The van der Waals surface area contributed by atoms with Gasteiger partial charge in [-0.05, 0) is 41.5 Å². The van der Waals surface area contributed by atoms with Crippen LogP contribution in [0.15, 0.2) is 60.0 Å². The van der Waals surface area contributed by atoms with Crippen LogP contribution >= 0.6 is 11.3 Å². The monoisotopic (exact) mass is 565 g/mol. The molecule has 1 spiro atoms. The van der Waals surface area contributed by atoms with E-state index in [9.17, 15) is 18.8 Å². The summed E-state index contributed by atoms with van der Waals surface area (Å²) in [6.45, 7) is 0.702. The number of nitrogens with one attached hydrogen (secondary N) is 3. The molecule has 3 aromatic rings. The van der Waals surface area contributed by atoms with Crippen LogP contribution in [0.2, 0.25) is 0 Å². The molecular formula is C28H28FN5O5S. The summed E-state index contributed by atoms with van der Waals surface area (Å²) >= 11 is 1.37. The third-order valence-electron chi connectivity index (χ3n) is 6.85. The molecule has 1 unspecified atom stereocenters. The van der Waals surface area contributed by atoms with Gasteiger partial charge in [0.1, 0.15) is 17.7 Å². The minimum absolute atomic E-state index is 0.0512. The number of benzene rings is 2. The molecule has 40 heavy (non-hydrogen) atoms. The number of halogens is 1. The number of hydrogen-bond acceptors (Lipinski definition) is 7. The molecule has 1 aromatic heterocycles. The van der Waals surface area contributed by atoms with Crippen molar-refractivity contribution < 1.29 is 28.2 Å². The molecule has 2 aliphatic heterocycles. The molecule has 1 atom stereocenters. The van der Waals surface area contributed by atoms with Crippen molar-refractivity contribution >= 4 is 34.9 Å². The highest BCUT2D eigenvalue weighted by molar-refractivity contribution is 7.10. The first kappa shape index (κ1) is 27.4. The van der Waals surface area contributed by atoms with E-state index in [1.54, 1.807) is 47.8 Å². The van der Waals surface area contributed by atoms with Gasteiger partial charge in [-0.2, -0.15) is 0 Å². The molecule has 5 N–H and O–H groups in total. The minimum atomic E-state index is -1.05. The molecular weight excluding hydrogens is 537 g/mol. The first-order valence-corrected chi connectivity index (χ1v) is 13.5. The van der Waals surface area contributed by atoms with E-state index in [1.807, 2.05) is 0 Å². The Hall–Kier alpha value is -4.13. The number of amidine groups is 1. The number of hydrogen-bond donors (Lipinski definition) is 4. The average Bonchev–Trinajstić information content (AvgIpc) is 3.71. The number of amides is 3. The number of likely N-dealkylation sites (tertiary alicyclic amines) is 1. The largest absolute Gasteiger partial charge is 0.384 e. The lowest BCUT2D eigenvalue weighted by atomic mass is 10.0. The van der Waals surface area contributed by atoms with Gasteiger partial charge in [0.25, 0.3) is 5.91 Å². The van der Waals surface area contributed by atoms with Crippen LogP contribution in [0.4, 0.5) is 4.39 Å². The smallest absolute Gasteiger partial charge is 0.251 e. The Kier molecular flexibility index (Phi) is 7.92. The van der Waals surface area contributed by atoms with Crippen LogP contribution in [-0.2, 0) is 25.6 Å². The number of carbonyl (C=O) groups is 3. The van der Waals surface area contributed by atoms with E-state index in [4.69, 9.17) is 20.6 Å². The third kappa shape index (κ3) is 6.03. The summed E-state index contributed by atoms with van der Waals surface area (Å²) in [6.07, 6.45) is 0.173. The van der Waals surface area contributed by atoms with Gasteiger partial charge >= 0.3 is 0 Å². The van der Waals surface area contributed by atoms with Gasteiger partial charge in [0.15, 0.2) is 5.79 Å². The van der Waals surface area contributed by atoms with Gasteiger partial charge in [0, 0.05) is 27.8 Å². The molecule has 2 fully saturated rings. The van der Waals surface area contributed by atoms with Crippen LogP contribution in [0, 0.1) is 11.2 Å². The van der Waals surface area contributed by atoms with E-state index in [1.165, 1.54) is 28.4 Å². The first-order chi connectivity index (χ1) is 19.2. The zero-order valence-corrected chi connectivity index (χ0v) is 22.3. The minimum Gasteiger partial charge on any atom is -0.384 e. The van der Waals surface area contributed by atoms with Crippen molar-refractivity contribution in [2.75, 3.05) is 26.3 Å². The maximum absolute atomic E-state index is 13.2. The second-order valence-corrected chi connectivity index (χ2v) is 10.5. The third-order valence-corrected chi connectivity index (χ3v) is 7.79. The van der Waals surface area contributed by atoms with E-state index >= 15 is 0 Å². The predicted molar refractivity (Wildman–Crippen MR) is 146 cm³/mol. The van der Waals surface area contributed by atoms with Crippen LogP contribution < -0.4 is 16.4 Å². The second-order valence-electron chi connectivity index (χ2n) is 9.55. The number of carbonyl (C=O) groups excluding carboxylic acids is 3. The molecule has 3 amide bonds. The molecule has 5 rings (SSSR count). The number of nitrogens with zero attached hydrogens (tertiary/aromatic N) is 1. The van der Waals surface area contributed by atoms with E-state index in [2.05, 4.69) is 10.6 Å². The van der Waals surface area contributed by atoms with Gasteiger partial charge < -0.3 is 30.7 Å². The summed E-state index contributed by atoms with van der Waals surface area (Å²) in [7, 11) is 0. The summed E-state index contributed by atoms with van der Waals surface area (Å²) in [5.74, 6) is -2.69. The highest BCUT2D eigenvalue weighted by atomic mass is 32.1. The van der Waals surface area contributed by atoms with Gasteiger partial charge in [0.05, 0.1) is 32.8 Å². The fraction of sp³-hybridized carbons (Fsp3) is 0.286. The van der Waals surface area contributed by atoms with Crippen LogP contribution in [0.5, 0.6) is 0 Å². The molecule has 2 saturated heterocycles. The summed E-state index contributed by atoms with van der Waals surface area (Å²) in [5.41, 5.74) is 8.08. The molecule has 10 nitrogen and oxygen atoms in total. The van der Waals surface area contributed by atoms with Crippen molar-refractivity contribution in [1.29, 1.82) is 5.41 Å². The Labute approximate surface area is 233 Å². The van der Waals surface area contributed by atoms with Gasteiger partial charge in [0.2, 0.25) is 11.8 Å². The zero-order valence-electron chi connectivity index (χ0n) is 21.4. The van der Waals surface area contributed by atoms with Gasteiger partial charge in [-0.25, -0.2) is 4.39 Å². The van der Waals surface area contributed by atoms with Crippen molar-refractivity contribution in [2.24, 2.45) is 5.73 Å². The van der Waals surface area contributed by atoms with Gasteiger partial charge in [-0.3, -0.25) is 19.8 Å². The normalized spacial score (nSPS) is 17.6. The standard InChI is InChI=1S/C28H28FN5O5S/c29-21-7-5-18(6-8-21)17-1-3-19(4-2-17)26(36)33-14-24(35)34-16-28(38-9-10-39-28)12-23(34)27(37)32-13-22-11-20(15-40-22)25(30)31/h1-8,11,15,23H,9-10,12-14,16H2,(H3,30,31)(H,32,37)(H,33,36). The second kappa shape index (κ2) is 11.5. The molecule has 0 radical (unpaired) electrons. The summed E-state index contributed by atoms with van der Waals surface area (Å²) in [6, 6.07) is 13.7. The first-order valence-electron chi connectivity index (χ1n) is 12.6. The number of thiophene rings is 1. The Balaban J connectivity index is 1.20. The molecule has 0 saturated carbocycles. The lowest BCUT2D eigenvalue weighted by Crippen LogP contribution is -2.49. The Bertz CT molecular complexity index is 1420.